The van der Waals surface area contributed by atoms with Crippen molar-refractivity contribution < 1.29 is 4.79 Å². The number of aromatic amines is 1. The number of thiazole rings is 1. The van der Waals surface area contributed by atoms with Crippen molar-refractivity contribution >= 4 is 57.1 Å². The fourth-order valence-electron chi connectivity index (χ4n) is 3.40. The molecule has 0 fully saturated rings. The monoisotopic (exact) mass is 484 g/mol. The van der Waals surface area contributed by atoms with Gasteiger partial charge in [0.15, 0.2) is 9.90 Å². The number of rotatable bonds is 8. The van der Waals surface area contributed by atoms with Gasteiger partial charge < -0.3 is 10.3 Å². The van der Waals surface area contributed by atoms with E-state index in [1.165, 1.54) is 11.3 Å². The van der Waals surface area contributed by atoms with Gasteiger partial charge in [-0.3, -0.25) is 14.2 Å². The number of nitrogens with zero attached hydrogens (tertiary/aromatic N) is 2. The number of hydrogen-bond acceptors (Lipinski definition) is 5. The zero-order chi connectivity index (χ0) is 22.5. The highest BCUT2D eigenvalue weighted by Crippen LogP contribution is 2.26. The topological polar surface area (TPSA) is 79.8 Å². The molecule has 9 heteroatoms. The number of halogens is 1. The second-order valence-corrected chi connectivity index (χ2v) is 9.02. The molecular formula is C23H21ClN4O2S2. The van der Waals surface area contributed by atoms with Gasteiger partial charge in [0.2, 0.25) is 5.91 Å². The van der Waals surface area contributed by atoms with Gasteiger partial charge >= 0.3 is 0 Å². The number of para-hydroxylation sites is 1. The largest absolute Gasteiger partial charge is 0.332 e. The summed E-state index contributed by atoms with van der Waals surface area (Å²) in [6, 6.07) is 14.8. The minimum absolute atomic E-state index is 0.0674. The minimum Gasteiger partial charge on any atom is -0.332 e. The van der Waals surface area contributed by atoms with Crippen LogP contribution < -0.4 is 10.9 Å². The lowest BCUT2D eigenvalue weighted by molar-refractivity contribution is -0.116. The highest BCUT2D eigenvalue weighted by Gasteiger charge is 2.09. The quantitative estimate of drug-likeness (QED) is 0.236. The molecule has 2 N–H and O–H groups in total. The molecule has 1 amide bonds. The van der Waals surface area contributed by atoms with Crippen molar-refractivity contribution in [3.63, 3.8) is 0 Å². The van der Waals surface area contributed by atoms with Crippen molar-refractivity contribution in [2.75, 3.05) is 5.32 Å². The van der Waals surface area contributed by atoms with Gasteiger partial charge in [-0.1, -0.05) is 42.3 Å². The van der Waals surface area contributed by atoms with Gasteiger partial charge in [-0.2, -0.15) is 0 Å². The summed E-state index contributed by atoms with van der Waals surface area (Å²) < 4.78 is 2.01. The van der Waals surface area contributed by atoms with Gasteiger partial charge in [-0.05, 0) is 49.3 Å². The standard InChI is InChI=1S/C23H21ClN4O2S2/c24-16-11-9-15(10-12-16)19-14-32-22(25-19)27-20(29)8-2-1-5-13-28-21(30)17-6-3-4-7-18(17)26-23(28)31/h3-4,6-7,9-12,14H,1-2,5,8,13H2,(H,26,31)(H,25,27,29). The molecule has 2 heterocycles. The van der Waals surface area contributed by atoms with E-state index in [4.69, 9.17) is 23.8 Å². The van der Waals surface area contributed by atoms with Crippen molar-refractivity contribution in [3.05, 3.63) is 74.1 Å². The van der Waals surface area contributed by atoms with E-state index in [0.717, 1.165) is 36.0 Å². The van der Waals surface area contributed by atoms with E-state index >= 15 is 0 Å². The third-order valence-electron chi connectivity index (χ3n) is 5.07. The number of fused-ring (bicyclic) bond motifs is 1. The van der Waals surface area contributed by atoms with Crippen LogP contribution in [0.4, 0.5) is 5.13 Å². The molecule has 0 spiro atoms. The number of carbonyl (C=O) groups excluding carboxylic acids is 1. The van der Waals surface area contributed by atoms with Crippen molar-refractivity contribution in [2.24, 2.45) is 0 Å². The Morgan fingerprint density at radius 2 is 1.91 bits per heavy atom. The molecule has 0 bridgehead atoms. The van der Waals surface area contributed by atoms with Crippen LogP contribution in [0, 0.1) is 4.77 Å². The lowest BCUT2D eigenvalue weighted by Crippen LogP contribution is -2.22. The lowest BCUT2D eigenvalue weighted by Gasteiger charge is -2.08. The Kier molecular flexibility index (Phi) is 7.14. The van der Waals surface area contributed by atoms with Crippen LogP contribution in [0.2, 0.25) is 5.02 Å². The van der Waals surface area contributed by atoms with E-state index in [9.17, 15) is 9.59 Å². The average Bonchev–Trinajstić information content (AvgIpc) is 3.24. The summed E-state index contributed by atoms with van der Waals surface area (Å²) in [7, 11) is 0. The third kappa shape index (κ3) is 5.32. The normalized spacial score (nSPS) is 11.0. The molecule has 0 aliphatic rings. The molecule has 0 radical (unpaired) electrons. The zero-order valence-corrected chi connectivity index (χ0v) is 19.5. The van der Waals surface area contributed by atoms with E-state index in [1.54, 1.807) is 10.6 Å². The number of nitrogens with one attached hydrogen (secondary N) is 2. The van der Waals surface area contributed by atoms with Gasteiger partial charge in [0.25, 0.3) is 5.56 Å². The second-order valence-electron chi connectivity index (χ2n) is 7.34. The van der Waals surface area contributed by atoms with E-state index in [2.05, 4.69) is 15.3 Å². The third-order valence-corrected chi connectivity index (χ3v) is 6.40. The Hall–Kier alpha value is -2.81. The van der Waals surface area contributed by atoms with Gasteiger partial charge in [-0.15, -0.1) is 11.3 Å². The van der Waals surface area contributed by atoms with Crippen LogP contribution in [0.15, 0.2) is 58.7 Å². The van der Waals surface area contributed by atoms with Crippen molar-refractivity contribution in [1.82, 2.24) is 14.5 Å². The number of aromatic nitrogens is 3. The number of amides is 1. The summed E-state index contributed by atoms with van der Waals surface area (Å²) in [6.45, 7) is 0.525. The van der Waals surface area contributed by atoms with E-state index in [0.29, 0.717) is 33.3 Å². The molecule has 0 saturated carbocycles. The summed E-state index contributed by atoms with van der Waals surface area (Å²) in [4.78, 5) is 32.5. The summed E-state index contributed by atoms with van der Waals surface area (Å²) in [5, 5.41) is 6.64. The molecule has 6 nitrogen and oxygen atoms in total. The molecular weight excluding hydrogens is 464 g/mol. The van der Waals surface area contributed by atoms with Crippen LogP contribution in [0.1, 0.15) is 25.7 Å². The molecule has 2 aromatic carbocycles. The fourth-order valence-corrected chi connectivity index (χ4v) is 4.55. The second kappa shape index (κ2) is 10.2. The number of anilines is 1. The van der Waals surface area contributed by atoms with Crippen molar-refractivity contribution in [3.8, 4) is 11.3 Å². The maximum atomic E-state index is 12.6. The number of benzene rings is 2. The first-order valence-electron chi connectivity index (χ1n) is 10.2. The summed E-state index contributed by atoms with van der Waals surface area (Å²) >= 11 is 12.6. The maximum absolute atomic E-state index is 12.6. The number of H-pyrrole nitrogens is 1. The first kappa shape index (κ1) is 22.4. The van der Waals surface area contributed by atoms with Gasteiger partial charge in [-0.25, -0.2) is 4.98 Å². The molecule has 164 valence electrons. The minimum atomic E-state index is -0.0812. The predicted molar refractivity (Wildman–Crippen MR) is 133 cm³/mol. The molecule has 4 rings (SSSR count). The highest BCUT2D eigenvalue weighted by atomic mass is 35.5. The van der Waals surface area contributed by atoms with Gasteiger partial charge in [0, 0.05) is 28.9 Å². The average molecular weight is 485 g/mol. The van der Waals surface area contributed by atoms with Crippen molar-refractivity contribution in [1.29, 1.82) is 0 Å². The van der Waals surface area contributed by atoms with Crippen LogP contribution >= 0.6 is 35.2 Å². The molecule has 0 unspecified atom stereocenters. The van der Waals surface area contributed by atoms with Gasteiger partial charge in [0.1, 0.15) is 0 Å². The molecule has 0 aliphatic carbocycles. The fraction of sp³-hybridized carbons (Fsp3) is 0.217. The Labute approximate surface area is 198 Å². The Bertz CT molecular complexity index is 1360. The molecule has 0 saturated heterocycles. The van der Waals surface area contributed by atoms with Gasteiger partial charge in [0.05, 0.1) is 16.6 Å². The summed E-state index contributed by atoms with van der Waals surface area (Å²) in [5.41, 5.74) is 2.42. The van der Waals surface area contributed by atoms with Crippen molar-refractivity contribution in [2.45, 2.75) is 32.2 Å². The molecule has 2 aromatic heterocycles. The number of unbranched alkanes of at least 4 members (excludes halogenated alkanes) is 2. The van der Waals surface area contributed by atoms with Crippen LogP contribution in [0.5, 0.6) is 0 Å². The van der Waals surface area contributed by atoms with Crippen LogP contribution in [-0.2, 0) is 11.3 Å². The Balaban J connectivity index is 1.25. The molecule has 0 aliphatic heterocycles. The summed E-state index contributed by atoms with van der Waals surface area (Å²) in [6.07, 6.45) is 2.70. The Morgan fingerprint density at radius 1 is 1.12 bits per heavy atom. The molecule has 32 heavy (non-hydrogen) atoms. The predicted octanol–water partition coefficient (Wildman–Crippen LogP) is 6.04. The summed E-state index contributed by atoms with van der Waals surface area (Å²) in [5.74, 6) is -0.0674. The van der Waals surface area contributed by atoms with Crippen LogP contribution in [0.3, 0.4) is 0 Å². The first-order valence-corrected chi connectivity index (χ1v) is 11.9. The zero-order valence-electron chi connectivity index (χ0n) is 17.1. The lowest BCUT2D eigenvalue weighted by atomic mass is 10.2. The van der Waals surface area contributed by atoms with Crippen LogP contribution in [0.25, 0.3) is 22.2 Å². The smallest absolute Gasteiger partial charge is 0.262 e. The van der Waals surface area contributed by atoms with E-state index in [1.807, 2.05) is 47.8 Å². The first-order chi connectivity index (χ1) is 15.5. The maximum Gasteiger partial charge on any atom is 0.262 e. The van der Waals surface area contributed by atoms with E-state index < -0.39 is 0 Å². The van der Waals surface area contributed by atoms with Crippen LogP contribution in [-0.4, -0.2) is 20.4 Å². The number of carbonyl (C=O) groups is 1. The number of hydrogen-bond donors (Lipinski definition) is 2. The Morgan fingerprint density at radius 3 is 2.72 bits per heavy atom. The molecule has 4 aromatic rings. The van der Waals surface area contributed by atoms with E-state index in [-0.39, 0.29) is 11.5 Å². The SMILES string of the molecule is O=C(CCCCCn1c(=S)[nH]c2ccccc2c1=O)Nc1nc(-c2ccc(Cl)cc2)cs1. The molecule has 0 atom stereocenters. The highest BCUT2D eigenvalue weighted by molar-refractivity contribution is 7.71.